The van der Waals surface area contributed by atoms with Crippen LogP contribution in [0.2, 0.25) is 5.02 Å². The molecule has 1 aromatic carbocycles. The molecule has 6 heteroatoms. The third kappa shape index (κ3) is 5.97. The lowest BCUT2D eigenvalue weighted by molar-refractivity contribution is -0.135. The molecule has 0 heterocycles. The molecule has 1 amide bonds. The molecule has 0 spiro atoms. The average Bonchev–Trinajstić information content (AvgIpc) is 2.25. The number of rotatable bonds is 3. The van der Waals surface area contributed by atoms with Gasteiger partial charge in [0.05, 0.1) is 0 Å². The third-order valence-corrected chi connectivity index (χ3v) is 2.01. The molecular weight excluding hydrogens is 255 g/mol. The highest BCUT2D eigenvalue weighted by molar-refractivity contribution is 6.30. The minimum absolute atomic E-state index is 0.545. The van der Waals surface area contributed by atoms with Crippen LogP contribution in [0.3, 0.4) is 0 Å². The predicted molar refractivity (Wildman–Crippen MR) is 59.6 cm³/mol. The number of benzene rings is 1. The summed E-state index contributed by atoms with van der Waals surface area (Å²) in [6, 6.07) is 6.54. The number of hydrogen-bond acceptors (Lipinski definition) is 1. The Hall–Kier alpha value is -1.49. The Bertz CT molecular complexity index is 412. The number of nitrogens with one attached hydrogen (secondary N) is 1. The number of hydrogen-bond donors (Lipinski definition) is 1. The summed E-state index contributed by atoms with van der Waals surface area (Å²) in [6.07, 6.45) is -1.96. The van der Waals surface area contributed by atoms with E-state index in [2.05, 4.69) is 0 Å². The van der Waals surface area contributed by atoms with Gasteiger partial charge in [0.2, 0.25) is 5.91 Å². The molecule has 1 rings (SSSR count). The van der Waals surface area contributed by atoms with Gasteiger partial charge in [-0.2, -0.15) is 13.2 Å². The summed E-state index contributed by atoms with van der Waals surface area (Å²) in [6.45, 7) is -1.34. The minimum Gasteiger partial charge on any atom is -0.343 e. The number of carbonyl (C=O) groups excluding carboxylic acids is 1. The van der Waals surface area contributed by atoms with Crippen molar-refractivity contribution < 1.29 is 18.0 Å². The van der Waals surface area contributed by atoms with Crippen LogP contribution in [0.5, 0.6) is 0 Å². The van der Waals surface area contributed by atoms with Crippen LogP contribution in [-0.4, -0.2) is 18.6 Å². The summed E-state index contributed by atoms with van der Waals surface area (Å²) >= 11 is 5.65. The van der Waals surface area contributed by atoms with Gasteiger partial charge in [-0.25, -0.2) is 0 Å². The van der Waals surface area contributed by atoms with Gasteiger partial charge in [0.1, 0.15) is 6.54 Å². The highest BCUT2D eigenvalue weighted by atomic mass is 35.5. The first kappa shape index (κ1) is 13.6. The summed E-state index contributed by atoms with van der Waals surface area (Å²) in [7, 11) is 0. The van der Waals surface area contributed by atoms with Crippen molar-refractivity contribution in [3.63, 3.8) is 0 Å². The molecule has 0 bridgehead atoms. The molecule has 0 atom stereocenters. The highest BCUT2D eigenvalue weighted by Crippen LogP contribution is 2.12. The number of amides is 1. The molecule has 92 valence electrons. The van der Waals surface area contributed by atoms with Crippen LogP contribution in [0.25, 0.3) is 6.08 Å². The first-order chi connectivity index (χ1) is 7.87. The van der Waals surface area contributed by atoms with Crippen LogP contribution < -0.4 is 5.32 Å². The monoisotopic (exact) mass is 263 g/mol. The molecule has 0 saturated heterocycles. The molecule has 0 aliphatic rings. The van der Waals surface area contributed by atoms with Crippen molar-refractivity contribution in [2.24, 2.45) is 0 Å². The van der Waals surface area contributed by atoms with Crippen molar-refractivity contribution in [3.8, 4) is 0 Å². The first-order valence-corrected chi connectivity index (χ1v) is 5.03. The van der Waals surface area contributed by atoms with Crippen molar-refractivity contribution in [2.45, 2.75) is 6.18 Å². The Kier molecular flexibility index (Phi) is 4.57. The molecule has 1 aromatic rings. The molecule has 0 radical (unpaired) electrons. The quantitative estimate of drug-likeness (QED) is 0.835. The second-order valence-corrected chi connectivity index (χ2v) is 3.65. The van der Waals surface area contributed by atoms with Gasteiger partial charge in [0.25, 0.3) is 0 Å². The van der Waals surface area contributed by atoms with E-state index in [1.54, 1.807) is 29.6 Å². The van der Waals surface area contributed by atoms with Crippen LogP contribution in [0.1, 0.15) is 5.56 Å². The normalized spacial score (nSPS) is 11.8. The second kappa shape index (κ2) is 5.72. The highest BCUT2D eigenvalue weighted by Gasteiger charge is 2.27. The van der Waals surface area contributed by atoms with Gasteiger partial charge >= 0.3 is 6.18 Å². The molecule has 0 aromatic heterocycles. The van der Waals surface area contributed by atoms with Crippen LogP contribution >= 0.6 is 11.6 Å². The van der Waals surface area contributed by atoms with E-state index in [0.717, 1.165) is 6.08 Å². The average molecular weight is 264 g/mol. The number of alkyl halides is 3. The lowest BCUT2D eigenvalue weighted by Crippen LogP contribution is -2.32. The van der Waals surface area contributed by atoms with Crippen molar-refractivity contribution >= 4 is 23.6 Å². The largest absolute Gasteiger partial charge is 0.405 e. The van der Waals surface area contributed by atoms with E-state index in [-0.39, 0.29) is 0 Å². The second-order valence-electron chi connectivity index (χ2n) is 3.22. The molecule has 0 aliphatic heterocycles. The zero-order valence-electron chi connectivity index (χ0n) is 8.59. The predicted octanol–water partition coefficient (Wildman–Crippen LogP) is 3.03. The smallest absolute Gasteiger partial charge is 0.343 e. The maximum Gasteiger partial charge on any atom is 0.405 e. The fraction of sp³-hybridized carbons (Fsp3) is 0.182. The zero-order valence-corrected chi connectivity index (χ0v) is 9.35. The zero-order chi connectivity index (χ0) is 12.9. The van der Waals surface area contributed by atoms with Crippen molar-refractivity contribution in [1.82, 2.24) is 5.32 Å². The van der Waals surface area contributed by atoms with Crippen LogP contribution in [0.15, 0.2) is 30.3 Å². The van der Waals surface area contributed by atoms with Gasteiger partial charge in [-0.3, -0.25) is 4.79 Å². The Labute approximate surface area is 101 Å². The van der Waals surface area contributed by atoms with E-state index in [4.69, 9.17) is 11.6 Å². The third-order valence-electron chi connectivity index (χ3n) is 1.76. The lowest BCUT2D eigenvalue weighted by atomic mass is 10.2. The summed E-state index contributed by atoms with van der Waals surface area (Å²) in [5, 5.41) is 2.27. The molecule has 2 nitrogen and oxygen atoms in total. The van der Waals surface area contributed by atoms with E-state index in [9.17, 15) is 18.0 Å². The van der Waals surface area contributed by atoms with E-state index in [1.807, 2.05) is 0 Å². The van der Waals surface area contributed by atoms with Crippen LogP contribution in [-0.2, 0) is 4.79 Å². The van der Waals surface area contributed by atoms with Gasteiger partial charge < -0.3 is 5.32 Å². The molecule has 0 saturated carbocycles. The van der Waals surface area contributed by atoms with Crippen LogP contribution in [0, 0.1) is 0 Å². The van der Waals surface area contributed by atoms with Gasteiger partial charge in [-0.05, 0) is 23.8 Å². The summed E-state index contributed by atoms with van der Waals surface area (Å²) in [4.78, 5) is 11.0. The van der Waals surface area contributed by atoms with Gasteiger partial charge in [-0.15, -0.1) is 0 Å². The fourth-order valence-electron chi connectivity index (χ4n) is 0.992. The molecular formula is C11H9ClF3NO. The molecule has 0 aliphatic carbocycles. The van der Waals surface area contributed by atoms with E-state index >= 15 is 0 Å². The topological polar surface area (TPSA) is 29.1 Å². The molecule has 17 heavy (non-hydrogen) atoms. The fourth-order valence-corrected chi connectivity index (χ4v) is 1.12. The summed E-state index contributed by atoms with van der Waals surface area (Å²) in [5.74, 6) is -0.794. The minimum atomic E-state index is -4.40. The SMILES string of the molecule is O=C(/C=C/c1ccc(Cl)cc1)NCC(F)(F)F. The maximum absolute atomic E-state index is 11.8. The van der Waals surface area contributed by atoms with Crippen molar-refractivity contribution in [3.05, 3.63) is 40.9 Å². The van der Waals surface area contributed by atoms with Crippen LogP contribution in [0.4, 0.5) is 13.2 Å². The molecule has 1 N–H and O–H groups in total. The number of carbonyl (C=O) groups is 1. The van der Waals surface area contributed by atoms with E-state index < -0.39 is 18.6 Å². The Morgan fingerprint density at radius 2 is 1.88 bits per heavy atom. The first-order valence-electron chi connectivity index (χ1n) is 4.65. The van der Waals surface area contributed by atoms with E-state index in [0.29, 0.717) is 10.6 Å². The van der Waals surface area contributed by atoms with E-state index in [1.165, 1.54) is 6.08 Å². The van der Waals surface area contributed by atoms with Gasteiger partial charge in [0.15, 0.2) is 0 Å². The Morgan fingerprint density at radius 3 is 2.41 bits per heavy atom. The maximum atomic E-state index is 11.8. The molecule has 0 fully saturated rings. The standard InChI is InChI=1S/C11H9ClF3NO/c12-9-4-1-8(2-5-9)3-6-10(17)16-7-11(13,14)15/h1-6H,7H2,(H,16,17)/b6-3+. The number of halogens is 4. The molecule has 0 unspecified atom stereocenters. The van der Waals surface area contributed by atoms with Gasteiger partial charge in [0, 0.05) is 11.1 Å². The summed E-state index contributed by atoms with van der Waals surface area (Å²) in [5.41, 5.74) is 0.677. The Balaban J connectivity index is 2.48. The van der Waals surface area contributed by atoms with Crippen molar-refractivity contribution in [2.75, 3.05) is 6.54 Å². The van der Waals surface area contributed by atoms with Crippen molar-refractivity contribution in [1.29, 1.82) is 0 Å². The van der Waals surface area contributed by atoms with Gasteiger partial charge in [-0.1, -0.05) is 23.7 Å². The Morgan fingerprint density at radius 1 is 1.29 bits per heavy atom. The summed E-state index contributed by atoms with van der Waals surface area (Å²) < 4.78 is 35.3. The lowest BCUT2D eigenvalue weighted by Gasteiger charge is -2.05.